The van der Waals surface area contributed by atoms with Gasteiger partial charge in [-0.2, -0.15) is 0 Å². The molecule has 0 saturated heterocycles. The maximum atomic E-state index is 5.49. The molecule has 4 atom stereocenters. The molecular weight excluding hydrogens is 186 g/mol. The number of nitrogens with one attached hydrogen (secondary N) is 1. The van der Waals surface area contributed by atoms with Crippen molar-refractivity contribution >= 4 is 0 Å². The highest BCUT2D eigenvalue weighted by molar-refractivity contribution is 4.87. The third kappa shape index (κ3) is 3.18. The van der Waals surface area contributed by atoms with Gasteiger partial charge in [-0.25, -0.2) is 0 Å². The maximum absolute atomic E-state index is 5.49. The van der Waals surface area contributed by atoms with E-state index in [0.717, 1.165) is 11.8 Å². The van der Waals surface area contributed by atoms with E-state index in [9.17, 15) is 0 Å². The van der Waals surface area contributed by atoms with E-state index in [4.69, 9.17) is 4.74 Å². The highest BCUT2D eigenvalue weighted by atomic mass is 16.5. The predicted octanol–water partition coefficient (Wildman–Crippen LogP) is 2.83. The van der Waals surface area contributed by atoms with E-state index < -0.39 is 0 Å². The Kier molecular flexibility index (Phi) is 5.62. The fourth-order valence-electron chi connectivity index (χ4n) is 3.16. The van der Waals surface area contributed by atoms with E-state index in [-0.39, 0.29) is 0 Å². The smallest absolute Gasteiger partial charge is 0.0698 e. The van der Waals surface area contributed by atoms with Crippen molar-refractivity contribution < 1.29 is 4.74 Å². The molecule has 0 bridgehead atoms. The Morgan fingerprint density at radius 1 is 1.33 bits per heavy atom. The van der Waals surface area contributed by atoms with Crippen molar-refractivity contribution in [1.82, 2.24) is 5.32 Å². The van der Waals surface area contributed by atoms with Crippen LogP contribution in [0.25, 0.3) is 0 Å². The lowest BCUT2D eigenvalue weighted by Crippen LogP contribution is -2.46. The SMILES string of the molecule is CCC1CCCCC1C(NC)C(C)OC. The molecule has 0 heterocycles. The Hall–Kier alpha value is -0.0800. The molecule has 90 valence electrons. The van der Waals surface area contributed by atoms with Crippen molar-refractivity contribution in [1.29, 1.82) is 0 Å². The van der Waals surface area contributed by atoms with Crippen LogP contribution in [0.1, 0.15) is 46.0 Å². The number of methoxy groups -OCH3 is 1. The van der Waals surface area contributed by atoms with Gasteiger partial charge in [0.15, 0.2) is 0 Å². The molecule has 2 heteroatoms. The van der Waals surface area contributed by atoms with Gasteiger partial charge < -0.3 is 10.1 Å². The predicted molar refractivity (Wildman–Crippen MR) is 65.1 cm³/mol. The molecule has 0 amide bonds. The molecule has 1 fully saturated rings. The number of ether oxygens (including phenoxy) is 1. The van der Waals surface area contributed by atoms with Gasteiger partial charge in [-0.3, -0.25) is 0 Å². The van der Waals surface area contributed by atoms with Gasteiger partial charge in [0.05, 0.1) is 6.10 Å². The van der Waals surface area contributed by atoms with Gasteiger partial charge in [0.1, 0.15) is 0 Å². The largest absolute Gasteiger partial charge is 0.380 e. The molecule has 0 aliphatic heterocycles. The quantitative estimate of drug-likeness (QED) is 0.758. The summed E-state index contributed by atoms with van der Waals surface area (Å²) in [6, 6.07) is 0.528. The summed E-state index contributed by atoms with van der Waals surface area (Å²) in [5.74, 6) is 1.71. The number of likely N-dealkylation sites (N-methyl/N-ethyl adjacent to an activating group) is 1. The van der Waals surface area contributed by atoms with E-state index in [1.807, 2.05) is 7.11 Å². The van der Waals surface area contributed by atoms with Gasteiger partial charge in [-0.05, 0) is 32.2 Å². The van der Waals surface area contributed by atoms with Crippen molar-refractivity contribution in [3.63, 3.8) is 0 Å². The summed E-state index contributed by atoms with van der Waals surface area (Å²) in [6.45, 7) is 4.51. The fourth-order valence-corrected chi connectivity index (χ4v) is 3.16. The van der Waals surface area contributed by atoms with Crippen LogP contribution in [0.2, 0.25) is 0 Å². The lowest BCUT2D eigenvalue weighted by molar-refractivity contribution is 0.0374. The van der Waals surface area contributed by atoms with Crippen LogP contribution in [0.4, 0.5) is 0 Å². The lowest BCUT2D eigenvalue weighted by Gasteiger charge is -2.39. The first kappa shape index (κ1) is 13.0. The van der Waals surface area contributed by atoms with Crippen LogP contribution in [0, 0.1) is 11.8 Å². The molecule has 15 heavy (non-hydrogen) atoms. The molecule has 0 aromatic carbocycles. The van der Waals surface area contributed by atoms with E-state index >= 15 is 0 Å². The van der Waals surface area contributed by atoms with Gasteiger partial charge in [-0.1, -0.05) is 32.6 Å². The number of rotatable bonds is 5. The summed E-state index contributed by atoms with van der Waals surface area (Å²) >= 11 is 0. The van der Waals surface area contributed by atoms with E-state index in [0.29, 0.717) is 12.1 Å². The number of hydrogen-bond donors (Lipinski definition) is 1. The Labute approximate surface area is 94.8 Å². The average molecular weight is 213 g/mol. The molecule has 2 nitrogen and oxygen atoms in total. The van der Waals surface area contributed by atoms with Crippen LogP contribution in [0.5, 0.6) is 0 Å². The maximum Gasteiger partial charge on any atom is 0.0698 e. The zero-order chi connectivity index (χ0) is 11.3. The van der Waals surface area contributed by atoms with E-state index in [2.05, 4.69) is 26.2 Å². The Balaban J connectivity index is 2.63. The van der Waals surface area contributed by atoms with Gasteiger partial charge in [0.25, 0.3) is 0 Å². The Morgan fingerprint density at radius 2 is 2.00 bits per heavy atom. The second-order valence-corrected chi connectivity index (χ2v) is 4.87. The summed E-state index contributed by atoms with van der Waals surface area (Å²) in [6.07, 6.45) is 7.25. The second-order valence-electron chi connectivity index (χ2n) is 4.87. The molecule has 1 aliphatic rings. The molecule has 0 radical (unpaired) electrons. The summed E-state index contributed by atoms with van der Waals surface area (Å²) in [5, 5.41) is 3.46. The molecule has 0 spiro atoms. The zero-order valence-corrected chi connectivity index (χ0v) is 10.8. The van der Waals surface area contributed by atoms with Gasteiger partial charge in [-0.15, -0.1) is 0 Å². The van der Waals surface area contributed by atoms with Gasteiger partial charge in [0, 0.05) is 13.2 Å². The third-order valence-corrected chi connectivity index (χ3v) is 4.16. The standard InChI is InChI=1S/C13H27NO/c1-5-11-8-6-7-9-12(11)13(14-3)10(2)15-4/h10-14H,5-9H2,1-4H3. The first-order chi connectivity index (χ1) is 7.24. The summed E-state index contributed by atoms with van der Waals surface area (Å²) in [7, 11) is 3.89. The summed E-state index contributed by atoms with van der Waals surface area (Å²) < 4.78 is 5.49. The molecule has 0 aromatic heterocycles. The van der Waals surface area contributed by atoms with Crippen LogP contribution in [-0.2, 0) is 4.74 Å². The first-order valence-electron chi connectivity index (χ1n) is 6.44. The lowest BCUT2D eigenvalue weighted by atomic mass is 9.73. The highest BCUT2D eigenvalue weighted by Crippen LogP contribution is 2.35. The minimum Gasteiger partial charge on any atom is -0.380 e. The normalized spacial score (nSPS) is 31.2. The molecule has 1 saturated carbocycles. The van der Waals surface area contributed by atoms with Crippen LogP contribution >= 0.6 is 0 Å². The summed E-state index contributed by atoms with van der Waals surface area (Å²) in [5.41, 5.74) is 0. The molecule has 1 aliphatic carbocycles. The van der Waals surface area contributed by atoms with Crippen LogP contribution in [0.3, 0.4) is 0 Å². The minimum atomic E-state index is 0.326. The topological polar surface area (TPSA) is 21.3 Å². The van der Waals surface area contributed by atoms with Crippen molar-refractivity contribution in [2.75, 3.05) is 14.2 Å². The monoisotopic (exact) mass is 213 g/mol. The van der Waals surface area contributed by atoms with E-state index in [1.54, 1.807) is 0 Å². The van der Waals surface area contributed by atoms with Crippen LogP contribution in [0.15, 0.2) is 0 Å². The molecule has 4 unspecified atom stereocenters. The second kappa shape index (κ2) is 6.49. The molecule has 1 rings (SSSR count). The molecule has 0 aromatic rings. The average Bonchev–Trinajstić information content (AvgIpc) is 2.30. The highest BCUT2D eigenvalue weighted by Gasteiger charge is 2.32. The van der Waals surface area contributed by atoms with Crippen molar-refractivity contribution in [2.24, 2.45) is 11.8 Å². The molecule has 1 N–H and O–H groups in total. The minimum absolute atomic E-state index is 0.326. The third-order valence-electron chi connectivity index (χ3n) is 4.16. The first-order valence-corrected chi connectivity index (χ1v) is 6.44. The Bertz CT molecular complexity index is 172. The van der Waals surface area contributed by atoms with Crippen molar-refractivity contribution in [3.8, 4) is 0 Å². The van der Waals surface area contributed by atoms with Gasteiger partial charge in [0.2, 0.25) is 0 Å². The number of hydrogen-bond acceptors (Lipinski definition) is 2. The van der Waals surface area contributed by atoms with Crippen LogP contribution < -0.4 is 5.32 Å². The molecular formula is C13H27NO. The zero-order valence-electron chi connectivity index (χ0n) is 10.8. The van der Waals surface area contributed by atoms with Crippen LogP contribution in [-0.4, -0.2) is 26.3 Å². The van der Waals surface area contributed by atoms with Crippen molar-refractivity contribution in [2.45, 2.75) is 58.1 Å². The fraction of sp³-hybridized carbons (Fsp3) is 1.00. The summed E-state index contributed by atoms with van der Waals surface area (Å²) in [4.78, 5) is 0. The van der Waals surface area contributed by atoms with E-state index in [1.165, 1.54) is 32.1 Å². The van der Waals surface area contributed by atoms with Crippen molar-refractivity contribution in [3.05, 3.63) is 0 Å². The van der Waals surface area contributed by atoms with Gasteiger partial charge >= 0.3 is 0 Å². The Morgan fingerprint density at radius 3 is 2.53 bits per heavy atom.